The molecule has 7 heteroatoms. The zero-order valence-corrected chi connectivity index (χ0v) is 10.8. The van der Waals surface area contributed by atoms with Crippen LogP contribution in [0.25, 0.3) is 17.3 Å². The number of carboxylic acids is 1. The number of hydrogen-bond acceptors (Lipinski definition) is 4. The summed E-state index contributed by atoms with van der Waals surface area (Å²) in [6.45, 7) is 0. The van der Waals surface area contributed by atoms with Crippen molar-refractivity contribution in [1.82, 2.24) is 14.8 Å². The molecule has 0 bridgehead atoms. The molecule has 0 radical (unpaired) electrons. The van der Waals surface area contributed by atoms with Crippen LogP contribution in [0.15, 0.2) is 47.1 Å². The van der Waals surface area contributed by atoms with Gasteiger partial charge in [-0.15, -0.1) is 0 Å². The van der Waals surface area contributed by atoms with Crippen LogP contribution in [0.5, 0.6) is 0 Å². The van der Waals surface area contributed by atoms with E-state index in [1.165, 1.54) is 16.9 Å². The van der Waals surface area contributed by atoms with E-state index in [4.69, 9.17) is 21.1 Å². The molecule has 3 rings (SSSR count). The van der Waals surface area contributed by atoms with Crippen LogP contribution in [-0.2, 0) is 0 Å². The molecule has 0 aliphatic heterocycles. The van der Waals surface area contributed by atoms with Crippen LogP contribution in [-0.4, -0.2) is 25.8 Å². The number of aromatic nitrogens is 3. The molecule has 0 atom stereocenters. The van der Waals surface area contributed by atoms with Gasteiger partial charge in [-0.3, -0.25) is 4.98 Å². The lowest BCUT2D eigenvalue weighted by Crippen LogP contribution is -1.99. The monoisotopic (exact) mass is 289 g/mol. The summed E-state index contributed by atoms with van der Waals surface area (Å²) >= 11 is 6.04. The van der Waals surface area contributed by atoms with Gasteiger partial charge < -0.3 is 9.52 Å². The van der Waals surface area contributed by atoms with Gasteiger partial charge in [-0.25, -0.2) is 9.48 Å². The Kier molecular flexibility index (Phi) is 3.00. The molecule has 100 valence electrons. The summed E-state index contributed by atoms with van der Waals surface area (Å²) in [6, 6.07) is 8.19. The molecule has 1 N–H and O–H groups in total. The van der Waals surface area contributed by atoms with E-state index >= 15 is 0 Å². The van der Waals surface area contributed by atoms with E-state index in [2.05, 4.69) is 10.1 Å². The van der Waals surface area contributed by atoms with Crippen molar-refractivity contribution in [2.45, 2.75) is 0 Å². The summed E-state index contributed by atoms with van der Waals surface area (Å²) < 4.78 is 6.93. The zero-order valence-electron chi connectivity index (χ0n) is 10.0. The van der Waals surface area contributed by atoms with Crippen LogP contribution >= 0.6 is 11.6 Å². The molecule has 0 spiro atoms. The Morgan fingerprint density at radius 3 is 2.85 bits per heavy atom. The van der Waals surface area contributed by atoms with Crippen molar-refractivity contribution in [1.29, 1.82) is 0 Å². The van der Waals surface area contributed by atoms with E-state index in [0.29, 0.717) is 22.4 Å². The lowest BCUT2D eigenvalue weighted by molar-refractivity contribution is 0.0690. The van der Waals surface area contributed by atoms with E-state index in [1.807, 2.05) is 0 Å². The quantitative estimate of drug-likeness (QED) is 0.802. The number of furan rings is 1. The Labute approximate surface area is 118 Å². The molecular weight excluding hydrogens is 282 g/mol. The predicted octanol–water partition coefficient (Wildman–Crippen LogP) is 2.88. The summed E-state index contributed by atoms with van der Waals surface area (Å²) in [7, 11) is 0. The van der Waals surface area contributed by atoms with Gasteiger partial charge >= 0.3 is 5.97 Å². The second-order valence-corrected chi connectivity index (χ2v) is 4.33. The maximum atomic E-state index is 10.8. The van der Waals surface area contributed by atoms with E-state index in [-0.39, 0.29) is 5.69 Å². The van der Waals surface area contributed by atoms with Gasteiger partial charge in [0.1, 0.15) is 5.69 Å². The van der Waals surface area contributed by atoms with Crippen molar-refractivity contribution in [2.75, 3.05) is 0 Å². The lowest BCUT2D eigenvalue weighted by atomic mass is 10.3. The fourth-order valence-corrected chi connectivity index (χ4v) is 1.92. The van der Waals surface area contributed by atoms with E-state index in [1.54, 1.807) is 30.5 Å². The molecule has 0 aliphatic rings. The Bertz CT molecular complexity index is 779. The molecule has 3 aromatic rings. The van der Waals surface area contributed by atoms with Crippen molar-refractivity contribution in [3.8, 4) is 17.3 Å². The Balaban J connectivity index is 1.98. The van der Waals surface area contributed by atoms with E-state index in [0.717, 1.165) is 0 Å². The third-order valence-corrected chi connectivity index (χ3v) is 2.92. The first-order chi connectivity index (χ1) is 9.65. The third-order valence-electron chi connectivity index (χ3n) is 2.62. The number of pyridine rings is 1. The van der Waals surface area contributed by atoms with Gasteiger partial charge in [0.05, 0.1) is 5.02 Å². The molecule has 0 aliphatic carbocycles. The maximum absolute atomic E-state index is 10.8. The molecule has 0 amide bonds. The first-order valence-corrected chi connectivity index (χ1v) is 6.03. The van der Waals surface area contributed by atoms with E-state index in [9.17, 15) is 4.79 Å². The molecule has 0 saturated heterocycles. The third kappa shape index (κ3) is 2.17. The van der Waals surface area contributed by atoms with Crippen molar-refractivity contribution in [3.63, 3.8) is 0 Å². The maximum Gasteiger partial charge on any atom is 0.356 e. The Morgan fingerprint density at radius 1 is 1.30 bits per heavy atom. The molecule has 0 unspecified atom stereocenters. The van der Waals surface area contributed by atoms with E-state index < -0.39 is 5.97 Å². The van der Waals surface area contributed by atoms with Crippen molar-refractivity contribution in [2.24, 2.45) is 0 Å². The smallest absolute Gasteiger partial charge is 0.356 e. The molecule has 3 aromatic heterocycles. The first kappa shape index (κ1) is 12.4. The minimum Gasteiger partial charge on any atom is -0.476 e. The van der Waals surface area contributed by atoms with Crippen molar-refractivity contribution < 1.29 is 14.3 Å². The zero-order chi connectivity index (χ0) is 14.1. The average Bonchev–Trinajstić information content (AvgIpc) is 3.08. The van der Waals surface area contributed by atoms with Gasteiger partial charge in [-0.2, -0.15) is 5.10 Å². The summed E-state index contributed by atoms with van der Waals surface area (Å²) in [4.78, 5) is 14.9. The highest BCUT2D eigenvalue weighted by atomic mass is 35.5. The summed E-state index contributed by atoms with van der Waals surface area (Å²) in [6.07, 6.45) is 3.12. The average molecular weight is 290 g/mol. The summed E-state index contributed by atoms with van der Waals surface area (Å²) in [5.74, 6) is -0.226. The highest BCUT2D eigenvalue weighted by molar-refractivity contribution is 6.32. The van der Waals surface area contributed by atoms with Gasteiger partial charge in [-0.1, -0.05) is 11.6 Å². The summed E-state index contributed by atoms with van der Waals surface area (Å²) in [5, 5.41) is 13.2. The molecule has 3 heterocycles. The SMILES string of the molecule is O=C(O)c1ccn(-c2ccc(-c3ncccc3Cl)o2)n1. The number of halogens is 1. The number of carboxylic acid groups (broad SMARTS) is 1. The van der Waals surface area contributed by atoms with Gasteiger partial charge in [-0.05, 0) is 24.3 Å². The molecule has 0 aromatic carbocycles. The largest absolute Gasteiger partial charge is 0.476 e. The van der Waals surface area contributed by atoms with Crippen LogP contribution in [0, 0.1) is 0 Å². The lowest BCUT2D eigenvalue weighted by Gasteiger charge is -1.99. The Morgan fingerprint density at radius 2 is 2.15 bits per heavy atom. The van der Waals surface area contributed by atoms with Gasteiger partial charge in [0.2, 0.25) is 5.88 Å². The van der Waals surface area contributed by atoms with Crippen LogP contribution in [0.1, 0.15) is 10.5 Å². The molecule has 20 heavy (non-hydrogen) atoms. The minimum atomic E-state index is -1.09. The van der Waals surface area contributed by atoms with Gasteiger partial charge in [0.15, 0.2) is 11.5 Å². The van der Waals surface area contributed by atoms with Crippen LogP contribution in [0.4, 0.5) is 0 Å². The molecule has 0 saturated carbocycles. The number of aromatic carboxylic acids is 1. The van der Waals surface area contributed by atoms with Crippen molar-refractivity contribution >= 4 is 17.6 Å². The number of carbonyl (C=O) groups is 1. The topological polar surface area (TPSA) is 81.1 Å². The highest BCUT2D eigenvalue weighted by Crippen LogP contribution is 2.27. The minimum absolute atomic E-state index is 0.0566. The molecular formula is C13H8ClN3O3. The van der Waals surface area contributed by atoms with Crippen molar-refractivity contribution in [3.05, 3.63) is 53.4 Å². The fraction of sp³-hybridized carbons (Fsp3) is 0. The number of hydrogen-bond donors (Lipinski definition) is 1. The summed E-state index contributed by atoms with van der Waals surface area (Å²) in [5.41, 5.74) is 0.463. The fourth-order valence-electron chi connectivity index (χ4n) is 1.71. The second-order valence-electron chi connectivity index (χ2n) is 3.92. The van der Waals surface area contributed by atoms with Crippen LogP contribution in [0.3, 0.4) is 0 Å². The standard InChI is InChI=1S/C13H8ClN3O3/c14-8-2-1-6-15-12(8)10-3-4-11(20-10)17-7-5-9(16-17)13(18)19/h1-7H,(H,18,19). The van der Waals surface area contributed by atoms with Crippen LogP contribution in [0.2, 0.25) is 5.02 Å². The normalized spacial score (nSPS) is 10.7. The second kappa shape index (κ2) is 4.82. The highest BCUT2D eigenvalue weighted by Gasteiger charge is 2.13. The first-order valence-electron chi connectivity index (χ1n) is 5.65. The van der Waals surface area contributed by atoms with Crippen LogP contribution < -0.4 is 0 Å². The molecule has 6 nitrogen and oxygen atoms in total. The van der Waals surface area contributed by atoms with Gasteiger partial charge in [0, 0.05) is 18.5 Å². The molecule has 0 fully saturated rings. The number of nitrogens with zero attached hydrogens (tertiary/aromatic N) is 3. The number of rotatable bonds is 3. The predicted molar refractivity (Wildman–Crippen MR) is 71.0 cm³/mol. The van der Waals surface area contributed by atoms with Gasteiger partial charge in [0.25, 0.3) is 0 Å². The Hall–Kier alpha value is -2.60.